The van der Waals surface area contributed by atoms with Crippen LogP contribution < -0.4 is 9.47 Å². The van der Waals surface area contributed by atoms with Crippen LogP contribution >= 0.6 is 0 Å². The van der Waals surface area contributed by atoms with Crippen LogP contribution in [0.5, 0.6) is 11.5 Å². The van der Waals surface area contributed by atoms with Crippen LogP contribution in [0.2, 0.25) is 0 Å². The first-order chi connectivity index (χ1) is 17.8. The molecular weight excluding hydrogens is 491 g/mol. The second-order valence-electron chi connectivity index (χ2n) is 9.46. The zero-order valence-electron chi connectivity index (χ0n) is 20.6. The first-order valence-corrected chi connectivity index (χ1v) is 12.6. The summed E-state index contributed by atoms with van der Waals surface area (Å²) in [5, 5.41) is -0.874. The molecule has 1 saturated carbocycles. The Balaban J connectivity index is 1.42. The van der Waals surface area contributed by atoms with E-state index in [9.17, 15) is 13.2 Å². The average molecular weight is 519 g/mol. The summed E-state index contributed by atoms with van der Waals surface area (Å²) in [6.45, 7) is 4.10. The molecule has 1 heterocycles. The van der Waals surface area contributed by atoms with Crippen LogP contribution in [0, 0.1) is 29.1 Å². The molecule has 8 heteroatoms. The largest absolute Gasteiger partial charge is 0.491 e. The quantitative estimate of drug-likeness (QED) is 0.229. The van der Waals surface area contributed by atoms with Gasteiger partial charge in [-0.25, -0.2) is 17.6 Å². The lowest BCUT2D eigenvalue weighted by atomic mass is 9.76. The summed E-state index contributed by atoms with van der Waals surface area (Å²) in [7, 11) is 0. The smallest absolute Gasteiger partial charge is 0.201 e. The van der Waals surface area contributed by atoms with E-state index in [4.69, 9.17) is 13.9 Å². The van der Waals surface area contributed by atoms with Crippen LogP contribution in [0.25, 0.3) is 21.9 Å². The highest BCUT2D eigenvalue weighted by Gasteiger charge is 2.30. The van der Waals surface area contributed by atoms with Gasteiger partial charge in [-0.3, -0.25) is 0 Å². The van der Waals surface area contributed by atoms with E-state index in [2.05, 4.69) is 0 Å². The van der Waals surface area contributed by atoms with Gasteiger partial charge in [0.05, 0.1) is 24.0 Å². The van der Waals surface area contributed by atoms with Gasteiger partial charge in [0, 0.05) is 6.07 Å². The fourth-order valence-corrected chi connectivity index (χ4v) is 5.34. The van der Waals surface area contributed by atoms with Crippen molar-refractivity contribution in [1.82, 2.24) is 0 Å². The molecule has 37 heavy (non-hydrogen) atoms. The minimum Gasteiger partial charge on any atom is -0.491 e. The summed E-state index contributed by atoms with van der Waals surface area (Å²) in [4.78, 5) is 0. The second kappa shape index (κ2) is 10.2. The van der Waals surface area contributed by atoms with Crippen molar-refractivity contribution in [2.45, 2.75) is 57.8 Å². The summed E-state index contributed by atoms with van der Waals surface area (Å²) in [5.74, 6) is -5.72. The van der Waals surface area contributed by atoms with Crippen molar-refractivity contribution in [3.05, 3.63) is 70.5 Å². The molecule has 0 unspecified atom stereocenters. The number of ether oxygens (including phenoxy) is 2. The Kier molecular flexibility index (Phi) is 7.01. The normalized spacial score (nSPS) is 18.0. The lowest BCUT2D eigenvalue weighted by molar-refractivity contribution is 0.300. The maximum Gasteiger partial charge on any atom is 0.201 e. The molecule has 1 fully saturated rings. The monoisotopic (exact) mass is 518 g/mol. The lowest BCUT2D eigenvalue weighted by Crippen LogP contribution is -2.14. The van der Waals surface area contributed by atoms with E-state index in [0.717, 1.165) is 18.1 Å². The standard InChI is InChI=1S/C29H27F5O3/c1-3-11-36-20-10-9-17(12-19(20)30)15-5-7-16(8-6-15)18-13-21-24(28(33)26(18)31)25-22(37-21)14-23(35-4-2)27(32)29(25)34/h9-10,12-16H,3-8,11H2,1-2H3. The number of hydrogen-bond acceptors (Lipinski definition) is 3. The molecule has 3 aromatic carbocycles. The number of hydrogen-bond donors (Lipinski definition) is 0. The van der Waals surface area contributed by atoms with Crippen molar-refractivity contribution in [2.24, 2.45) is 0 Å². The minimum atomic E-state index is -1.34. The molecule has 5 rings (SSSR count). The Morgan fingerprint density at radius 3 is 2.03 bits per heavy atom. The van der Waals surface area contributed by atoms with Gasteiger partial charge in [-0.2, -0.15) is 4.39 Å². The van der Waals surface area contributed by atoms with Crippen LogP contribution in [-0.4, -0.2) is 13.2 Å². The second-order valence-corrected chi connectivity index (χ2v) is 9.46. The van der Waals surface area contributed by atoms with Crippen LogP contribution in [0.4, 0.5) is 22.0 Å². The van der Waals surface area contributed by atoms with Gasteiger partial charge >= 0.3 is 0 Å². The predicted molar refractivity (Wildman–Crippen MR) is 131 cm³/mol. The van der Waals surface area contributed by atoms with E-state index in [0.29, 0.717) is 32.3 Å². The fourth-order valence-electron chi connectivity index (χ4n) is 5.34. The molecule has 0 radical (unpaired) electrons. The number of benzene rings is 3. The molecule has 0 N–H and O–H groups in total. The first kappa shape index (κ1) is 25.4. The van der Waals surface area contributed by atoms with E-state index in [-0.39, 0.29) is 46.7 Å². The molecule has 0 aliphatic heterocycles. The Hall–Kier alpha value is -3.29. The number of rotatable bonds is 7. The van der Waals surface area contributed by atoms with Gasteiger partial charge in [0.15, 0.2) is 34.8 Å². The molecule has 1 aliphatic carbocycles. The molecule has 1 aliphatic rings. The van der Waals surface area contributed by atoms with E-state index in [1.807, 2.05) is 13.0 Å². The Morgan fingerprint density at radius 2 is 1.38 bits per heavy atom. The molecule has 0 spiro atoms. The highest BCUT2D eigenvalue weighted by Crippen LogP contribution is 2.45. The van der Waals surface area contributed by atoms with Crippen molar-refractivity contribution in [3.63, 3.8) is 0 Å². The van der Waals surface area contributed by atoms with E-state index < -0.39 is 39.9 Å². The summed E-state index contributed by atoms with van der Waals surface area (Å²) < 4.78 is 90.3. The van der Waals surface area contributed by atoms with Gasteiger partial charge < -0.3 is 13.9 Å². The highest BCUT2D eigenvalue weighted by atomic mass is 19.2. The number of furan rings is 1. The Morgan fingerprint density at radius 1 is 0.730 bits per heavy atom. The zero-order valence-corrected chi connectivity index (χ0v) is 20.6. The van der Waals surface area contributed by atoms with Gasteiger partial charge in [0.1, 0.15) is 11.2 Å². The summed E-state index contributed by atoms with van der Waals surface area (Å²) in [6, 6.07) is 7.51. The van der Waals surface area contributed by atoms with Crippen LogP contribution in [0.3, 0.4) is 0 Å². The maximum atomic E-state index is 15.3. The molecule has 0 bridgehead atoms. The Labute approximate surface area is 211 Å². The number of halogens is 5. The third kappa shape index (κ3) is 4.51. The van der Waals surface area contributed by atoms with E-state index in [1.54, 1.807) is 13.0 Å². The molecule has 196 valence electrons. The van der Waals surface area contributed by atoms with Crippen molar-refractivity contribution >= 4 is 21.9 Å². The maximum absolute atomic E-state index is 15.3. The fraction of sp³-hybridized carbons (Fsp3) is 0.379. The average Bonchev–Trinajstić information content (AvgIpc) is 3.27. The summed E-state index contributed by atoms with van der Waals surface area (Å²) >= 11 is 0. The van der Waals surface area contributed by atoms with Gasteiger partial charge in [0.2, 0.25) is 5.82 Å². The minimum absolute atomic E-state index is 0.0530. The topological polar surface area (TPSA) is 31.6 Å². The zero-order chi connectivity index (χ0) is 26.3. The van der Waals surface area contributed by atoms with Crippen molar-refractivity contribution in [1.29, 1.82) is 0 Å². The van der Waals surface area contributed by atoms with Crippen molar-refractivity contribution in [2.75, 3.05) is 13.2 Å². The molecular formula is C29H27F5O3. The van der Waals surface area contributed by atoms with Gasteiger partial charge in [-0.15, -0.1) is 0 Å². The first-order valence-electron chi connectivity index (χ1n) is 12.6. The Bertz CT molecular complexity index is 1450. The summed E-state index contributed by atoms with van der Waals surface area (Å²) in [5.41, 5.74) is 0.817. The molecule has 0 saturated heterocycles. The van der Waals surface area contributed by atoms with Gasteiger partial charge in [-0.05, 0) is 80.2 Å². The molecule has 1 aromatic heterocycles. The predicted octanol–water partition coefficient (Wildman–Crippen LogP) is 8.91. The molecule has 0 atom stereocenters. The molecule has 4 aromatic rings. The number of fused-ring (bicyclic) bond motifs is 3. The highest BCUT2D eigenvalue weighted by molar-refractivity contribution is 6.06. The van der Waals surface area contributed by atoms with Gasteiger partial charge in [-0.1, -0.05) is 13.0 Å². The molecule has 3 nitrogen and oxygen atoms in total. The third-order valence-electron chi connectivity index (χ3n) is 7.16. The van der Waals surface area contributed by atoms with Crippen LogP contribution in [-0.2, 0) is 0 Å². The van der Waals surface area contributed by atoms with Crippen LogP contribution in [0.1, 0.15) is 68.9 Å². The van der Waals surface area contributed by atoms with Gasteiger partial charge in [0.25, 0.3) is 0 Å². The molecule has 0 amide bonds. The van der Waals surface area contributed by atoms with E-state index >= 15 is 8.78 Å². The summed E-state index contributed by atoms with van der Waals surface area (Å²) in [6.07, 6.45) is 3.22. The van der Waals surface area contributed by atoms with E-state index in [1.165, 1.54) is 12.1 Å². The lowest BCUT2D eigenvalue weighted by Gasteiger charge is -2.29. The van der Waals surface area contributed by atoms with Crippen molar-refractivity contribution in [3.8, 4) is 11.5 Å². The SMILES string of the molecule is CCCOc1ccc(C2CCC(c3cc4oc5cc(OCC)c(F)c(F)c5c4c(F)c3F)CC2)cc1F. The van der Waals surface area contributed by atoms with Crippen molar-refractivity contribution < 1.29 is 35.8 Å². The third-order valence-corrected chi connectivity index (χ3v) is 7.16. The van der Waals surface area contributed by atoms with Crippen LogP contribution in [0.15, 0.2) is 34.7 Å².